The molecule has 0 saturated carbocycles. The number of ketones is 1. The van der Waals surface area contributed by atoms with Crippen LogP contribution in [0.15, 0.2) is 18.2 Å². The fourth-order valence-electron chi connectivity index (χ4n) is 6.01. The van der Waals surface area contributed by atoms with Crippen LogP contribution in [0.2, 0.25) is 0 Å². The van der Waals surface area contributed by atoms with E-state index >= 15 is 0 Å². The second kappa shape index (κ2) is 10.8. The van der Waals surface area contributed by atoms with Gasteiger partial charge in [-0.15, -0.1) is 11.3 Å². The molecule has 1 aromatic carbocycles. The van der Waals surface area contributed by atoms with Gasteiger partial charge in [0.05, 0.1) is 63.7 Å². The van der Waals surface area contributed by atoms with Crippen molar-refractivity contribution in [2.24, 2.45) is 17.3 Å². The Morgan fingerprint density at radius 3 is 2.64 bits per heavy atom. The number of benzene rings is 1. The van der Waals surface area contributed by atoms with Gasteiger partial charge in [-0.1, -0.05) is 33.3 Å². The van der Waals surface area contributed by atoms with E-state index in [-0.39, 0.29) is 35.9 Å². The van der Waals surface area contributed by atoms with E-state index in [9.17, 15) is 19.8 Å². The van der Waals surface area contributed by atoms with E-state index in [1.165, 1.54) is 0 Å². The second-order valence-corrected chi connectivity index (χ2v) is 13.8. The Labute approximate surface area is 234 Å². The Bertz CT molecular complexity index is 1220. The first-order valence-corrected chi connectivity index (χ1v) is 15.0. The molecule has 8 atom stereocenters. The number of carbonyl (C=O) groups is 2. The molecule has 4 heterocycles. The summed E-state index contributed by atoms with van der Waals surface area (Å²) in [6.07, 6.45) is 0.189. The van der Waals surface area contributed by atoms with Crippen LogP contribution in [0.3, 0.4) is 0 Å². The van der Waals surface area contributed by atoms with Gasteiger partial charge in [0.1, 0.15) is 11.9 Å². The lowest BCUT2D eigenvalue weighted by molar-refractivity contribution is -0.156. The van der Waals surface area contributed by atoms with E-state index < -0.39 is 35.6 Å². The van der Waals surface area contributed by atoms with Gasteiger partial charge in [-0.2, -0.15) is 0 Å². The highest BCUT2D eigenvalue weighted by atomic mass is 32.1. The van der Waals surface area contributed by atoms with Gasteiger partial charge in [0, 0.05) is 12.3 Å². The number of hydrogen-bond acceptors (Lipinski definition) is 9. The van der Waals surface area contributed by atoms with Gasteiger partial charge in [0.25, 0.3) is 0 Å². The smallest absolute Gasteiger partial charge is 0.309 e. The summed E-state index contributed by atoms with van der Waals surface area (Å²) >= 11 is 1.62. The third kappa shape index (κ3) is 6.22. The van der Waals surface area contributed by atoms with Crippen molar-refractivity contribution in [1.29, 1.82) is 0 Å². The Morgan fingerprint density at radius 1 is 1.18 bits per heavy atom. The lowest BCUT2D eigenvalue weighted by atomic mass is 9.71. The number of hydrogen-bond donors (Lipinski definition) is 2. The van der Waals surface area contributed by atoms with Gasteiger partial charge in [-0.3, -0.25) is 9.59 Å². The van der Waals surface area contributed by atoms with Crippen LogP contribution in [0.1, 0.15) is 82.9 Å². The van der Waals surface area contributed by atoms with E-state index in [4.69, 9.17) is 14.2 Å². The molecular weight excluding hydrogens is 518 g/mol. The maximum absolute atomic E-state index is 13.8. The summed E-state index contributed by atoms with van der Waals surface area (Å²) in [4.78, 5) is 31.6. The SMILES string of the molecule is Cc1nc2cc([C@@H]3C[C@@H]4O[C@]4(C)CCC[C@H](C)[C@H](O)[C@@H](CC4CO4)C(=O)C(C)(C)[C@@H](O)CC(=O)O3)ccc2s1. The van der Waals surface area contributed by atoms with Crippen LogP contribution in [-0.4, -0.2) is 63.6 Å². The molecule has 214 valence electrons. The topological polar surface area (TPSA) is 122 Å². The Balaban J connectivity index is 1.41. The quantitative estimate of drug-likeness (QED) is 0.411. The van der Waals surface area contributed by atoms with Crippen molar-refractivity contribution < 1.29 is 34.0 Å². The minimum absolute atomic E-state index is 0.0524. The van der Waals surface area contributed by atoms with Gasteiger partial charge in [0.2, 0.25) is 0 Å². The second-order valence-electron chi connectivity index (χ2n) is 12.6. The molecule has 1 unspecified atom stereocenters. The molecule has 39 heavy (non-hydrogen) atoms. The van der Waals surface area contributed by atoms with Crippen LogP contribution < -0.4 is 0 Å². The first-order valence-electron chi connectivity index (χ1n) is 14.1. The van der Waals surface area contributed by atoms with Crippen molar-refractivity contribution in [1.82, 2.24) is 4.98 Å². The number of cyclic esters (lactones) is 1. The average Bonchev–Trinajstić information content (AvgIpc) is 3.77. The Hall–Kier alpha value is -1.91. The number of rotatable bonds is 3. The summed E-state index contributed by atoms with van der Waals surface area (Å²) in [7, 11) is 0. The number of thiazole rings is 1. The summed E-state index contributed by atoms with van der Waals surface area (Å²) in [5.41, 5.74) is 0.127. The molecule has 1 aromatic heterocycles. The van der Waals surface area contributed by atoms with Crippen molar-refractivity contribution >= 4 is 33.3 Å². The van der Waals surface area contributed by atoms with E-state index in [1.54, 1.807) is 25.2 Å². The van der Waals surface area contributed by atoms with Crippen molar-refractivity contribution in [2.45, 2.75) is 109 Å². The van der Waals surface area contributed by atoms with Gasteiger partial charge in [-0.05, 0) is 56.7 Å². The monoisotopic (exact) mass is 559 g/mol. The third-order valence-corrected chi connectivity index (χ3v) is 9.99. The number of epoxide rings is 2. The number of aliphatic hydroxyl groups is 2. The van der Waals surface area contributed by atoms with Crippen LogP contribution in [0.4, 0.5) is 0 Å². The number of esters is 1. The molecule has 0 spiro atoms. The van der Waals surface area contributed by atoms with Crippen LogP contribution in [0.5, 0.6) is 0 Å². The summed E-state index contributed by atoms with van der Waals surface area (Å²) in [6.45, 7) is 9.89. The zero-order valence-corrected chi connectivity index (χ0v) is 24.3. The molecular formula is C30H41NO7S. The molecule has 0 aliphatic carbocycles. The molecule has 3 saturated heterocycles. The molecule has 3 aliphatic heterocycles. The van der Waals surface area contributed by atoms with Gasteiger partial charge >= 0.3 is 5.97 Å². The highest BCUT2D eigenvalue weighted by Gasteiger charge is 2.53. The van der Waals surface area contributed by atoms with Gasteiger partial charge < -0.3 is 24.4 Å². The standard InChI is InChI=1S/C30H41NO7S/c1-16-7-6-10-30(5)25(38-30)13-22(18-8-9-23-21(11-18)31-17(2)39-23)37-26(33)14-24(32)29(3,4)28(35)20(27(16)34)12-19-15-36-19/h8-9,11,16,19-20,22,24-25,27,32,34H,6-7,10,12-15H2,1-5H3/t16-,19?,20+,22-,24-,25-,27-,30+/m0/s1. The van der Waals surface area contributed by atoms with Gasteiger partial charge in [0.15, 0.2) is 0 Å². The molecule has 9 heteroatoms. The summed E-state index contributed by atoms with van der Waals surface area (Å²) in [6, 6.07) is 5.93. The van der Waals surface area contributed by atoms with E-state index in [1.807, 2.05) is 32.0 Å². The molecule has 0 amide bonds. The molecule has 8 nitrogen and oxygen atoms in total. The number of nitrogens with zero attached hydrogens (tertiary/aromatic N) is 1. The minimum Gasteiger partial charge on any atom is -0.457 e. The lowest BCUT2D eigenvalue weighted by Crippen LogP contribution is -2.47. The minimum atomic E-state index is -1.26. The van der Waals surface area contributed by atoms with Crippen molar-refractivity contribution in [2.75, 3.05) is 6.61 Å². The first kappa shape index (κ1) is 28.6. The summed E-state index contributed by atoms with van der Waals surface area (Å²) < 4.78 is 18.6. The Morgan fingerprint density at radius 2 is 1.92 bits per heavy atom. The highest BCUT2D eigenvalue weighted by Crippen LogP contribution is 2.47. The van der Waals surface area contributed by atoms with Crippen LogP contribution in [0, 0.1) is 24.2 Å². The molecule has 5 rings (SSSR count). The zero-order valence-electron chi connectivity index (χ0n) is 23.5. The fourth-order valence-corrected chi connectivity index (χ4v) is 6.82. The van der Waals surface area contributed by atoms with Gasteiger partial charge in [-0.25, -0.2) is 4.98 Å². The number of aryl methyl sites for hydroxylation is 1. The molecule has 2 N–H and O–H groups in total. The van der Waals surface area contributed by atoms with E-state index in [2.05, 4.69) is 11.9 Å². The molecule has 0 radical (unpaired) electrons. The number of carbonyl (C=O) groups excluding carboxylic acids is 2. The molecule has 0 bridgehead atoms. The molecule has 3 aliphatic rings. The highest BCUT2D eigenvalue weighted by molar-refractivity contribution is 7.18. The van der Waals surface area contributed by atoms with Crippen LogP contribution in [0.25, 0.3) is 10.2 Å². The van der Waals surface area contributed by atoms with Crippen LogP contribution >= 0.6 is 11.3 Å². The number of aliphatic hydroxyl groups excluding tert-OH is 2. The first-order chi connectivity index (χ1) is 18.4. The van der Waals surface area contributed by atoms with Crippen molar-refractivity contribution in [3.05, 3.63) is 28.8 Å². The maximum Gasteiger partial charge on any atom is 0.309 e. The van der Waals surface area contributed by atoms with E-state index in [0.717, 1.165) is 40.1 Å². The van der Waals surface area contributed by atoms with Crippen molar-refractivity contribution in [3.8, 4) is 0 Å². The largest absolute Gasteiger partial charge is 0.457 e. The predicted octanol–water partition coefficient (Wildman–Crippen LogP) is 4.67. The van der Waals surface area contributed by atoms with E-state index in [0.29, 0.717) is 19.4 Å². The fraction of sp³-hybridized carbons (Fsp3) is 0.700. The number of Topliss-reactive ketones (excluding diaryl/α,β-unsaturated/α-hetero) is 1. The Kier molecular flexibility index (Phi) is 7.94. The summed E-state index contributed by atoms with van der Waals surface area (Å²) in [5, 5.41) is 23.4. The number of fused-ring (bicyclic) bond motifs is 2. The predicted molar refractivity (Wildman–Crippen MR) is 147 cm³/mol. The lowest BCUT2D eigenvalue weighted by Gasteiger charge is -2.36. The third-order valence-electron chi connectivity index (χ3n) is 9.04. The zero-order chi connectivity index (χ0) is 28.1. The average molecular weight is 560 g/mol. The van der Waals surface area contributed by atoms with Crippen molar-refractivity contribution in [3.63, 3.8) is 0 Å². The van der Waals surface area contributed by atoms with Crippen LogP contribution in [-0.2, 0) is 23.8 Å². The summed E-state index contributed by atoms with van der Waals surface area (Å²) in [5.74, 6) is -1.61. The normalized spacial score (nSPS) is 37.8. The molecule has 3 fully saturated rings. The number of aromatic nitrogens is 1. The molecule has 2 aromatic rings. The number of ether oxygens (including phenoxy) is 3. The maximum atomic E-state index is 13.8.